The Hall–Kier alpha value is -3.64. The van der Waals surface area contributed by atoms with Crippen LogP contribution in [0.3, 0.4) is 0 Å². The lowest BCUT2D eigenvalue weighted by Gasteiger charge is -2.31. The van der Waals surface area contributed by atoms with Gasteiger partial charge in [0.05, 0.1) is 23.8 Å². The average Bonchev–Trinajstić information content (AvgIpc) is 3.20. The molecule has 1 aliphatic heterocycles. The van der Waals surface area contributed by atoms with Crippen molar-refractivity contribution in [3.63, 3.8) is 0 Å². The van der Waals surface area contributed by atoms with E-state index in [2.05, 4.69) is 10.3 Å². The van der Waals surface area contributed by atoms with Gasteiger partial charge in [0.2, 0.25) is 0 Å². The van der Waals surface area contributed by atoms with Gasteiger partial charge in [-0.2, -0.15) is 0 Å². The third-order valence-electron chi connectivity index (χ3n) is 4.58. The maximum absolute atomic E-state index is 11.3. The lowest BCUT2D eigenvalue weighted by Crippen LogP contribution is -2.42. The molecule has 1 aromatic carbocycles. The zero-order chi connectivity index (χ0) is 23.8. The number of nitrogens with zero attached hydrogens (tertiary/aromatic N) is 4. The summed E-state index contributed by atoms with van der Waals surface area (Å²) in [6.45, 7) is 3.09. The van der Waals surface area contributed by atoms with Gasteiger partial charge < -0.3 is 18.9 Å². The fraction of sp³-hybridized carbons (Fsp3) is 0.429. The molecular formula is C21H24N4O8. The molecule has 176 valence electrons. The molecule has 12 heteroatoms. The number of nitro benzene ring substituents is 1. The van der Waals surface area contributed by atoms with E-state index in [-0.39, 0.29) is 18.9 Å². The van der Waals surface area contributed by atoms with Gasteiger partial charge in [0, 0.05) is 38.6 Å². The first kappa shape index (κ1) is 24.0. The minimum Gasteiger partial charge on any atom is -0.463 e. The van der Waals surface area contributed by atoms with E-state index in [1.165, 1.54) is 26.0 Å². The standard InChI is InChI=1S/C21H24N4O8/c1-14(26)31-13-20-19(32-15(2)27)6-7-21(33-20)30-9-8-17-12-24(23-22-17)11-16-4-3-5-18(10-16)25(28)29/h3-7,10,12,19-21H,8-9,11,13H2,1-2H3/t19-,20+,21?/m0/s1. The van der Waals surface area contributed by atoms with E-state index in [4.69, 9.17) is 18.9 Å². The largest absolute Gasteiger partial charge is 0.463 e. The van der Waals surface area contributed by atoms with Gasteiger partial charge in [0.15, 0.2) is 6.29 Å². The number of aromatic nitrogens is 3. The van der Waals surface area contributed by atoms with Crippen molar-refractivity contribution in [2.45, 2.75) is 45.3 Å². The van der Waals surface area contributed by atoms with E-state index in [1.807, 2.05) is 0 Å². The van der Waals surface area contributed by atoms with Gasteiger partial charge in [-0.05, 0) is 17.7 Å². The van der Waals surface area contributed by atoms with Crippen LogP contribution < -0.4 is 0 Å². The molecule has 0 radical (unpaired) electrons. The van der Waals surface area contributed by atoms with Crippen molar-refractivity contribution in [3.05, 3.63) is 64.0 Å². The lowest BCUT2D eigenvalue weighted by molar-refractivity contribution is -0.384. The Morgan fingerprint density at radius 1 is 1.24 bits per heavy atom. The number of ether oxygens (including phenoxy) is 4. The van der Waals surface area contributed by atoms with E-state index in [0.29, 0.717) is 18.7 Å². The molecule has 12 nitrogen and oxygen atoms in total. The van der Waals surface area contributed by atoms with Crippen molar-refractivity contribution in [1.82, 2.24) is 15.0 Å². The highest BCUT2D eigenvalue weighted by Crippen LogP contribution is 2.18. The smallest absolute Gasteiger partial charge is 0.303 e. The Kier molecular flexibility index (Phi) is 8.22. The molecule has 1 aliphatic rings. The first-order chi connectivity index (χ1) is 15.8. The molecule has 1 unspecified atom stereocenters. The van der Waals surface area contributed by atoms with Gasteiger partial charge >= 0.3 is 11.9 Å². The Labute approximate surface area is 189 Å². The maximum atomic E-state index is 11.3. The monoisotopic (exact) mass is 460 g/mol. The van der Waals surface area contributed by atoms with Gasteiger partial charge in [-0.25, -0.2) is 4.68 Å². The van der Waals surface area contributed by atoms with E-state index in [1.54, 1.807) is 35.2 Å². The molecule has 0 aliphatic carbocycles. The predicted octanol–water partition coefficient (Wildman–Crippen LogP) is 1.57. The van der Waals surface area contributed by atoms with Crippen LogP contribution >= 0.6 is 0 Å². The zero-order valence-electron chi connectivity index (χ0n) is 18.2. The van der Waals surface area contributed by atoms with Crippen molar-refractivity contribution < 1.29 is 33.5 Å². The molecule has 0 fully saturated rings. The number of hydrogen-bond acceptors (Lipinski definition) is 10. The summed E-state index contributed by atoms with van der Waals surface area (Å²) in [5.41, 5.74) is 1.43. The van der Waals surface area contributed by atoms with E-state index in [9.17, 15) is 19.7 Å². The highest BCUT2D eigenvalue weighted by molar-refractivity contribution is 5.66. The van der Waals surface area contributed by atoms with Crippen molar-refractivity contribution in [2.24, 2.45) is 0 Å². The molecule has 0 saturated heterocycles. The molecule has 0 amide bonds. The number of hydrogen-bond donors (Lipinski definition) is 0. The number of non-ortho nitro benzene ring substituents is 1. The topological polar surface area (TPSA) is 145 Å². The maximum Gasteiger partial charge on any atom is 0.303 e. The molecule has 0 saturated carbocycles. The SMILES string of the molecule is CC(=O)OC[C@H]1OC(OCCc2cn(Cc3cccc([N+](=O)[O-])c3)nn2)C=C[C@@H]1OC(C)=O. The van der Waals surface area contributed by atoms with Crippen LogP contribution in [0.4, 0.5) is 5.69 Å². The zero-order valence-corrected chi connectivity index (χ0v) is 18.2. The Morgan fingerprint density at radius 3 is 2.79 bits per heavy atom. The summed E-state index contributed by atoms with van der Waals surface area (Å²) >= 11 is 0. The Balaban J connectivity index is 1.50. The number of esters is 2. The number of benzene rings is 1. The van der Waals surface area contributed by atoms with Crippen molar-refractivity contribution in [1.29, 1.82) is 0 Å². The predicted molar refractivity (Wildman–Crippen MR) is 112 cm³/mol. The fourth-order valence-corrected chi connectivity index (χ4v) is 3.12. The van der Waals surface area contributed by atoms with Gasteiger partial charge in [0.25, 0.3) is 5.69 Å². The second-order valence-electron chi connectivity index (χ2n) is 7.26. The Morgan fingerprint density at radius 2 is 2.06 bits per heavy atom. The summed E-state index contributed by atoms with van der Waals surface area (Å²) < 4.78 is 23.2. The molecule has 3 atom stereocenters. The molecule has 2 heterocycles. The average molecular weight is 460 g/mol. The highest BCUT2D eigenvalue weighted by atomic mass is 16.7. The van der Waals surface area contributed by atoms with E-state index < -0.39 is 35.4 Å². The van der Waals surface area contributed by atoms with Crippen LogP contribution in [0.25, 0.3) is 0 Å². The van der Waals surface area contributed by atoms with Gasteiger partial charge in [-0.3, -0.25) is 19.7 Å². The van der Waals surface area contributed by atoms with Crippen LogP contribution in [-0.4, -0.2) is 63.6 Å². The summed E-state index contributed by atoms with van der Waals surface area (Å²) in [5.74, 6) is -0.950. The third kappa shape index (κ3) is 7.47. The van der Waals surface area contributed by atoms with E-state index in [0.717, 1.165) is 5.56 Å². The van der Waals surface area contributed by atoms with Crippen LogP contribution in [0, 0.1) is 10.1 Å². The minimum absolute atomic E-state index is 0.0183. The van der Waals surface area contributed by atoms with Gasteiger partial charge in [-0.1, -0.05) is 17.3 Å². The first-order valence-corrected chi connectivity index (χ1v) is 10.2. The quantitative estimate of drug-likeness (QED) is 0.222. The number of carbonyl (C=O) groups is 2. The van der Waals surface area contributed by atoms with Gasteiger partial charge in [-0.15, -0.1) is 5.10 Å². The minimum atomic E-state index is -0.711. The first-order valence-electron chi connectivity index (χ1n) is 10.2. The molecule has 0 spiro atoms. The van der Waals surface area contributed by atoms with Gasteiger partial charge in [0.1, 0.15) is 18.8 Å². The molecule has 3 rings (SSSR count). The summed E-state index contributed by atoms with van der Waals surface area (Å²) in [4.78, 5) is 32.8. The number of rotatable bonds is 10. The second-order valence-corrected chi connectivity index (χ2v) is 7.26. The molecular weight excluding hydrogens is 436 g/mol. The summed E-state index contributed by atoms with van der Waals surface area (Å²) in [6, 6.07) is 6.32. The molecule has 1 aromatic heterocycles. The Bertz CT molecular complexity index is 1020. The summed E-state index contributed by atoms with van der Waals surface area (Å²) in [5, 5.41) is 19.0. The summed E-state index contributed by atoms with van der Waals surface area (Å²) in [7, 11) is 0. The lowest BCUT2D eigenvalue weighted by atomic mass is 10.1. The highest BCUT2D eigenvalue weighted by Gasteiger charge is 2.31. The molecule has 0 N–H and O–H groups in total. The number of nitro groups is 1. The van der Waals surface area contributed by atoms with Crippen molar-refractivity contribution >= 4 is 17.6 Å². The van der Waals surface area contributed by atoms with Crippen LogP contribution in [0.15, 0.2) is 42.6 Å². The normalized spacial score (nSPS) is 19.8. The fourth-order valence-electron chi connectivity index (χ4n) is 3.12. The van der Waals surface area contributed by atoms with E-state index >= 15 is 0 Å². The molecule has 2 aromatic rings. The van der Waals surface area contributed by atoms with Crippen LogP contribution in [-0.2, 0) is 41.5 Å². The van der Waals surface area contributed by atoms with Crippen LogP contribution in [0.1, 0.15) is 25.1 Å². The van der Waals surface area contributed by atoms with Crippen LogP contribution in [0.5, 0.6) is 0 Å². The van der Waals surface area contributed by atoms with Crippen molar-refractivity contribution in [2.75, 3.05) is 13.2 Å². The molecule has 0 bridgehead atoms. The summed E-state index contributed by atoms with van der Waals surface area (Å²) in [6.07, 6.45) is 3.36. The second kappa shape index (κ2) is 11.3. The third-order valence-corrected chi connectivity index (χ3v) is 4.58. The number of carbonyl (C=O) groups excluding carboxylic acids is 2. The van der Waals surface area contributed by atoms with Crippen LogP contribution in [0.2, 0.25) is 0 Å². The van der Waals surface area contributed by atoms with Crippen molar-refractivity contribution in [3.8, 4) is 0 Å². The molecule has 33 heavy (non-hydrogen) atoms.